The molecule has 1 aliphatic rings. The van der Waals surface area contributed by atoms with Crippen LogP contribution in [-0.2, 0) is 4.79 Å². The number of aliphatic hydroxyl groups is 2. The zero-order chi connectivity index (χ0) is 18.9. The third-order valence-corrected chi connectivity index (χ3v) is 5.30. The first kappa shape index (κ1) is 18.3. The zero-order valence-electron chi connectivity index (χ0n) is 14.2. The summed E-state index contributed by atoms with van der Waals surface area (Å²) in [6.45, 7) is 0. The molecule has 7 heteroatoms. The van der Waals surface area contributed by atoms with Crippen molar-refractivity contribution in [3.8, 4) is 0 Å². The molecule has 0 radical (unpaired) electrons. The largest absolute Gasteiger partial charge is 0.481 e. The maximum atomic E-state index is 11.9. The molecule has 1 aliphatic carbocycles. The Morgan fingerprint density at radius 2 is 1.58 bits per heavy atom. The molecule has 3 N–H and O–H groups in total. The van der Waals surface area contributed by atoms with E-state index in [1.54, 1.807) is 12.1 Å². The van der Waals surface area contributed by atoms with Crippen molar-refractivity contribution < 1.29 is 25.0 Å². The van der Waals surface area contributed by atoms with Crippen molar-refractivity contribution >= 4 is 16.7 Å². The van der Waals surface area contributed by atoms with Gasteiger partial charge in [-0.2, -0.15) is 0 Å². The normalized spacial score (nSPS) is 24.5. The highest BCUT2D eigenvalue weighted by molar-refractivity contribution is 5.84. The fourth-order valence-corrected chi connectivity index (χ4v) is 3.86. The molecule has 3 atom stereocenters. The van der Waals surface area contributed by atoms with Crippen molar-refractivity contribution in [3.63, 3.8) is 0 Å². The SMILES string of the molecule is O=C(O)CCCCCC1([N+](=O)[O-])[C@H](O)c2cc3ccccc3cc2[C@@H]1O. The van der Waals surface area contributed by atoms with Crippen molar-refractivity contribution in [2.24, 2.45) is 0 Å². The van der Waals surface area contributed by atoms with Gasteiger partial charge in [0, 0.05) is 17.8 Å². The minimum absolute atomic E-state index is 0.00217. The lowest BCUT2D eigenvalue weighted by Gasteiger charge is -2.27. The van der Waals surface area contributed by atoms with Crippen molar-refractivity contribution in [3.05, 3.63) is 57.6 Å². The average molecular weight is 359 g/mol. The van der Waals surface area contributed by atoms with Crippen LogP contribution in [0.1, 0.15) is 55.4 Å². The molecule has 0 saturated heterocycles. The number of nitro groups is 1. The molecule has 138 valence electrons. The third-order valence-electron chi connectivity index (χ3n) is 5.30. The van der Waals surface area contributed by atoms with E-state index in [0.717, 1.165) is 10.8 Å². The summed E-state index contributed by atoms with van der Waals surface area (Å²) in [5, 5.41) is 43.7. The summed E-state index contributed by atoms with van der Waals surface area (Å²) < 4.78 is 0. The first-order chi connectivity index (χ1) is 12.4. The van der Waals surface area contributed by atoms with E-state index in [1.165, 1.54) is 0 Å². The summed E-state index contributed by atoms with van der Waals surface area (Å²) in [4.78, 5) is 21.9. The molecule has 0 fully saturated rings. The lowest BCUT2D eigenvalue weighted by molar-refractivity contribution is -0.598. The van der Waals surface area contributed by atoms with Gasteiger partial charge in [-0.1, -0.05) is 30.7 Å². The second kappa shape index (κ2) is 7.01. The number of aliphatic carboxylic acids is 1. The molecule has 26 heavy (non-hydrogen) atoms. The number of carbonyl (C=O) groups is 1. The van der Waals surface area contributed by atoms with E-state index < -0.39 is 28.6 Å². The molecule has 3 rings (SSSR count). The second-order valence-corrected chi connectivity index (χ2v) is 6.84. The van der Waals surface area contributed by atoms with Crippen LogP contribution in [0.25, 0.3) is 10.8 Å². The van der Waals surface area contributed by atoms with E-state index in [1.807, 2.05) is 24.3 Å². The Balaban J connectivity index is 1.89. The highest BCUT2D eigenvalue weighted by Gasteiger charge is 2.62. The van der Waals surface area contributed by atoms with Gasteiger partial charge >= 0.3 is 5.97 Å². The number of nitrogens with zero attached hydrogens (tertiary/aromatic N) is 1. The van der Waals surface area contributed by atoms with Crippen molar-refractivity contribution in [2.75, 3.05) is 0 Å². The summed E-state index contributed by atoms with van der Waals surface area (Å²) >= 11 is 0. The number of aliphatic hydroxyl groups excluding tert-OH is 2. The van der Waals surface area contributed by atoms with E-state index >= 15 is 0 Å². The number of fused-ring (bicyclic) bond motifs is 2. The highest BCUT2D eigenvalue weighted by Crippen LogP contribution is 2.52. The Morgan fingerprint density at radius 3 is 2.04 bits per heavy atom. The Kier molecular flexibility index (Phi) is 4.93. The molecular formula is C19H21NO6. The third kappa shape index (κ3) is 2.93. The smallest absolute Gasteiger partial charge is 0.303 e. The molecule has 0 saturated carbocycles. The lowest BCUT2D eigenvalue weighted by Crippen LogP contribution is -2.45. The molecule has 0 bridgehead atoms. The second-order valence-electron chi connectivity index (χ2n) is 6.84. The summed E-state index contributed by atoms with van der Waals surface area (Å²) in [5.41, 5.74) is -1.12. The van der Waals surface area contributed by atoms with Gasteiger partial charge in [0.15, 0.2) is 12.2 Å². The molecule has 0 spiro atoms. The monoisotopic (exact) mass is 359 g/mol. The van der Waals surface area contributed by atoms with Gasteiger partial charge in [-0.25, -0.2) is 0 Å². The summed E-state index contributed by atoms with van der Waals surface area (Å²) in [6.07, 6.45) is -1.59. The number of hydrogen-bond acceptors (Lipinski definition) is 5. The topological polar surface area (TPSA) is 121 Å². The Labute approximate surface area is 150 Å². The summed E-state index contributed by atoms with van der Waals surface area (Å²) in [7, 11) is 0. The molecule has 1 unspecified atom stereocenters. The highest BCUT2D eigenvalue weighted by atomic mass is 16.6. The standard InChI is InChI=1S/C19H21NO6/c21-16(22)8-2-1-5-9-19(20(25)26)17(23)14-10-12-6-3-4-7-13(12)11-15(14)18(19)24/h3-4,6-7,10-11,17-18,23-24H,1-2,5,8-9H2,(H,21,22)/t17-,18+,19?. The fourth-order valence-electron chi connectivity index (χ4n) is 3.86. The minimum Gasteiger partial charge on any atom is -0.481 e. The van der Waals surface area contributed by atoms with Gasteiger partial charge in [-0.3, -0.25) is 14.9 Å². The molecule has 2 aromatic rings. The first-order valence-electron chi connectivity index (χ1n) is 8.63. The molecule has 7 nitrogen and oxygen atoms in total. The van der Waals surface area contributed by atoms with E-state index in [2.05, 4.69) is 0 Å². The Morgan fingerprint density at radius 1 is 1.04 bits per heavy atom. The molecule has 0 aliphatic heterocycles. The Hall–Kier alpha value is -2.51. The van der Waals surface area contributed by atoms with Crippen LogP contribution in [0.5, 0.6) is 0 Å². The number of unbranched alkanes of at least 4 members (excludes halogenated alkanes) is 2. The van der Waals surface area contributed by atoms with Gasteiger partial charge in [0.25, 0.3) is 5.54 Å². The van der Waals surface area contributed by atoms with Gasteiger partial charge in [-0.05, 0) is 46.9 Å². The fraction of sp³-hybridized carbons (Fsp3) is 0.421. The maximum Gasteiger partial charge on any atom is 0.303 e. The van der Waals surface area contributed by atoms with E-state index in [-0.39, 0.29) is 12.8 Å². The predicted molar refractivity (Wildman–Crippen MR) is 94.3 cm³/mol. The zero-order valence-corrected chi connectivity index (χ0v) is 14.2. The quantitative estimate of drug-likeness (QED) is 0.397. The van der Waals surface area contributed by atoms with Crippen LogP contribution in [0.4, 0.5) is 0 Å². The van der Waals surface area contributed by atoms with Crippen LogP contribution in [-0.4, -0.2) is 31.8 Å². The van der Waals surface area contributed by atoms with Gasteiger partial charge < -0.3 is 15.3 Å². The van der Waals surface area contributed by atoms with Crippen molar-refractivity contribution in [1.82, 2.24) is 0 Å². The van der Waals surface area contributed by atoms with E-state index in [0.29, 0.717) is 30.4 Å². The number of hydrogen-bond donors (Lipinski definition) is 3. The van der Waals surface area contributed by atoms with Gasteiger partial charge in [-0.15, -0.1) is 0 Å². The van der Waals surface area contributed by atoms with Crippen LogP contribution in [0.15, 0.2) is 36.4 Å². The van der Waals surface area contributed by atoms with Crippen LogP contribution < -0.4 is 0 Å². The van der Waals surface area contributed by atoms with Crippen molar-refractivity contribution in [2.45, 2.75) is 49.9 Å². The first-order valence-corrected chi connectivity index (χ1v) is 8.63. The summed E-state index contributed by atoms with van der Waals surface area (Å²) in [5.74, 6) is -0.908. The number of carboxylic acid groups (broad SMARTS) is 1. The van der Waals surface area contributed by atoms with E-state index in [4.69, 9.17) is 5.11 Å². The number of rotatable bonds is 7. The van der Waals surface area contributed by atoms with Crippen LogP contribution in [0, 0.1) is 10.1 Å². The average Bonchev–Trinajstić information content (AvgIpc) is 2.81. The van der Waals surface area contributed by atoms with Crippen LogP contribution in [0.2, 0.25) is 0 Å². The van der Waals surface area contributed by atoms with Gasteiger partial charge in [0.05, 0.1) is 0 Å². The summed E-state index contributed by atoms with van der Waals surface area (Å²) in [6, 6.07) is 10.8. The number of carboxylic acids is 1. The lowest BCUT2D eigenvalue weighted by atomic mass is 9.85. The van der Waals surface area contributed by atoms with Crippen LogP contribution in [0.3, 0.4) is 0 Å². The molecule has 0 aromatic heterocycles. The number of benzene rings is 2. The predicted octanol–water partition coefficient (Wildman–Crippen LogP) is 2.97. The molecular weight excluding hydrogens is 338 g/mol. The molecule has 0 heterocycles. The maximum absolute atomic E-state index is 11.9. The van der Waals surface area contributed by atoms with Crippen LogP contribution >= 0.6 is 0 Å². The van der Waals surface area contributed by atoms with Gasteiger partial charge in [0.2, 0.25) is 0 Å². The Bertz CT molecular complexity index is 801. The minimum atomic E-state index is -1.90. The molecule has 0 amide bonds. The van der Waals surface area contributed by atoms with E-state index in [9.17, 15) is 25.1 Å². The van der Waals surface area contributed by atoms with Gasteiger partial charge in [0.1, 0.15) is 0 Å². The van der Waals surface area contributed by atoms with Crippen molar-refractivity contribution in [1.29, 1.82) is 0 Å². The molecule has 2 aromatic carbocycles.